The van der Waals surface area contributed by atoms with Crippen LogP contribution < -0.4 is 5.73 Å². The maximum Gasteiger partial charge on any atom is 0.292 e. The Morgan fingerprint density at radius 3 is 2.81 bits per heavy atom. The fourth-order valence-corrected chi connectivity index (χ4v) is 1.91. The van der Waals surface area contributed by atoms with Crippen LogP contribution in [0.1, 0.15) is 23.2 Å². The second-order valence-electron chi connectivity index (χ2n) is 5.28. The maximum absolute atomic E-state index is 12.2. The summed E-state index contributed by atoms with van der Waals surface area (Å²) in [6, 6.07) is 4.00. The van der Waals surface area contributed by atoms with Crippen LogP contribution in [0.2, 0.25) is 0 Å². The van der Waals surface area contributed by atoms with Crippen LogP contribution >= 0.6 is 0 Å². The molecule has 0 bridgehead atoms. The molecule has 1 fully saturated rings. The third-order valence-corrected chi connectivity index (χ3v) is 3.44. The van der Waals surface area contributed by atoms with Crippen molar-refractivity contribution < 1.29 is 14.5 Å². The first-order valence-corrected chi connectivity index (χ1v) is 6.86. The van der Waals surface area contributed by atoms with Crippen molar-refractivity contribution in [3.05, 3.63) is 33.9 Å². The van der Waals surface area contributed by atoms with Gasteiger partial charge in [-0.2, -0.15) is 0 Å². The Morgan fingerprint density at radius 1 is 1.52 bits per heavy atom. The molecule has 0 radical (unpaired) electrons. The molecule has 0 spiro atoms. The van der Waals surface area contributed by atoms with E-state index < -0.39 is 4.92 Å². The highest BCUT2D eigenvalue weighted by Gasteiger charge is 2.21. The third kappa shape index (κ3) is 4.16. The Bertz CT molecular complexity index is 543. The summed E-state index contributed by atoms with van der Waals surface area (Å²) >= 11 is 0. The fraction of sp³-hybridized carbons (Fsp3) is 0.500. The Kier molecular flexibility index (Phi) is 4.74. The van der Waals surface area contributed by atoms with Gasteiger partial charge in [-0.1, -0.05) is 0 Å². The van der Waals surface area contributed by atoms with Crippen LogP contribution in [0.5, 0.6) is 0 Å². The first-order chi connectivity index (χ1) is 9.99. The van der Waals surface area contributed by atoms with Crippen molar-refractivity contribution in [1.29, 1.82) is 0 Å². The molecule has 7 heteroatoms. The van der Waals surface area contributed by atoms with Crippen LogP contribution in [0.4, 0.5) is 11.4 Å². The lowest BCUT2D eigenvalue weighted by Crippen LogP contribution is -2.30. The van der Waals surface area contributed by atoms with Gasteiger partial charge in [-0.3, -0.25) is 14.9 Å². The molecule has 2 N–H and O–H groups in total. The van der Waals surface area contributed by atoms with Crippen LogP contribution in [0.15, 0.2) is 18.2 Å². The number of nitrogens with two attached hydrogens (primary N) is 1. The van der Waals surface area contributed by atoms with Crippen LogP contribution in [-0.2, 0) is 4.74 Å². The normalized spacial score (nSPS) is 14.0. The number of hydrogen-bond acceptors (Lipinski definition) is 5. The third-order valence-electron chi connectivity index (χ3n) is 3.44. The molecule has 1 aliphatic carbocycles. The van der Waals surface area contributed by atoms with E-state index in [0.717, 1.165) is 6.61 Å². The summed E-state index contributed by atoms with van der Waals surface area (Å²) in [5, 5.41) is 10.7. The van der Waals surface area contributed by atoms with Crippen molar-refractivity contribution in [2.75, 3.05) is 32.5 Å². The molecule has 21 heavy (non-hydrogen) atoms. The summed E-state index contributed by atoms with van der Waals surface area (Å²) in [5.41, 5.74) is 5.72. The molecule has 0 aliphatic heterocycles. The second-order valence-corrected chi connectivity index (χ2v) is 5.28. The van der Waals surface area contributed by atoms with Crippen molar-refractivity contribution in [3.8, 4) is 0 Å². The number of likely N-dealkylation sites (N-methyl/N-ethyl adjacent to an activating group) is 1. The monoisotopic (exact) mass is 293 g/mol. The van der Waals surface area contributed by atoms with E-state index in [1.54, 1.807) is 7.05 Å². The SMILES string of the molecule is CN(CCOCC1CC1)C(=O)c1ccc([N+](=O)[O-])c(N)c1. The van der Waals surface area contributed by atoms with Gasteiger partial charge < -0.3 is 15.4 Å². The minimum Gasteiger partial charge on any atom is -0.393 e. The molecule has 1 aromatic rings. The summed E-state index contributed by atoms with van der Waals surface area (Å²) in [4.78, 5) is 23.8. The van der Waals surface area contributed by atoms with Crippen LogP contribution in [0.25, 0.3) is 0 Å². The zero-order valence-corrected chi connectivity index (χ0v) is 11.9. The molecule has 0 aromatic heterocycles. The van der Waals surface area contributed by atoms with Gasteiger partial charge in [-0.15, -0.1) is 0 Å². The quantitative estimate of drug-likeness (QED) is 0.357. The predicted octanol–water partition coefficient (Wildman–Crippen LogP) is 1.68. The summed E-state index contributed by atoms with van der Waals surface area (Å²) in [7, 11) is 1.67. The number of ether oxygens (including phenoxy) is 1. The van der Waals surface area contributed by atoms with Crippen molar-refractivity contribution in [3.63, 3.8) is 0 Å². The number of anilines is 1. The highest BCUT2D eigenvalue weighted by atomic mass is 16.6. The van der Waals surface area contributed by atoms with E-state index in [9.17, 15) is 14.9 Å². The summed E-state index contributed by atoms with van der Waals surface area (Å²) < 4.78 is 5.48. The molecule has 0 saturated heterocycles. The molecule has 1 aliphatic rings. The lowest BCUT2D eigenvalue weighted by Gasteiger charge is -2.17. The van der Waals surface area contributed by atoms with Crippen LogP contribution in [-0.4, -0.2) is 42.5 Å². The van der Waals surface area contributed by atoms with E-state index in [1.807, 2.05) is 0 Å². The Morgan fingerprint density at radius 2 is 2.24 bits per heavy atom. The number of rotatable bonds is 7. The lowest BCUT2D eigenvalue weighted by atomic mass is 10.1. The molecule has 1 amide bonds. The van der Waals surface area contributed by atoms with Crippen molar-refractivity contribution in [2.45, 2.75) is 12.8 Å². The molecule has 2 rings (SSSR count). The number of nitro benzene ring substituents is 1. The van der Waals surface area contributed by atoms with E-state index in [-0.39, 0.29) is 17.3 Å². The number of hydrogen-bond donors (Lipinski definition) is 1. The maximum atomic E-state index is 12.2. The molecule has 1 aromatic carbocycles. The molecular formula is C14H19N3O4. The average Bonchev–Trinajstić information content (AvgIpc) is 3.26. The zero-order chi connectivity index (χ0) is 15.4. The summed E-state index contributed by atoms with van der Waals surface area (Å²) in [6.07, 6.45) is 2.47. The smallest absolute Gasteiger partial charge is 0.292 e. The summed E-state index contributed by atoms with van der Waals surface area (Å²) in [6.45, 7) is 1.72. The second kappa shape index (κ2) is 6.53. The number of nitrogen functional groups attached to an aromatic ring is 1. The first-order valence-electron chi connectivity index (χ1n) is 6.86. The van der Waals surface area contributed by atoms with Gasteiger partial charge in [0.2, 0.25) is 0 Å². The minimum atomic E-state index is -0.570. The van der Waals surface area contributed by atoms with Crippen molar-refractivity contribution in [2.24, 2.45) is 5.92 Å². The van der Waals surface area contributed by atoms with Gasteiger partial charge >= 0.3 is 0 Å². The predicted molar refractivity (Wildman–Crippen MR) is 78.0 cm³/mol. The largest absolute Gasteiger partial charge is 0.393 e. The van der Waals surface area contributed by atoms with Gasteiger partial charge in [0.05, 0.1) is 11.5 Å². The number of benzene rings is 1. The molecule has 114 valence electrons. The Balaban J connectivity index is 1.88. The average molecular weight is 293 g/mol. The molecule has 0 atom stereocenters. The van der Waals surface area contributed by atoms with E-state index >= 15 is 0 Å². The molecular weight excluding hydrogens is 274 g/mol. The molecule has 1 saturated carbocycles. The van der Waals surface area contributed by atoms with E-state index in [0.29, 0.717) is 24.6 Å². The highest BCUT2D eigenvalue weighted by molar-refractivity contribution is 5.95. The Labute approximate surface area is 122 Å². The number of carbonyl (C=O) groups excluding carboxylic acids is 1. The number of nitro groups is 1. The number of nitrogens with zero attached hydrogens (tertiary/aromatic N) is 2. The van der Waals surface area contributed by atoms with Gasteiger partial charge in [-0.25, -0.2) is 0 Å². The van der Waals surface area contributed by atoms with Gasteiger partial charge in [-0.05, 0) is 30.9 Å². The van der Waals surface area contributed by atoms with Gasteiger partial charge in [0.1, 0.15) is 5.69 Å². The molecule has 0 unspecified atom stereocenters. The highest BCUT2D eigenvalue weighted by Crippen LogP contribution is 2.28. The molecule has 0 heterocycles. The Hall–Kier alpha value is -2.15. The van der Waals surface area contributed by atoms with Gasteiger partial charge in [0, 0.05) is 31.8 Å². The van der Waals surface area contributed by atoms with Gasteiger partial charge in [0.25, 0.3) is 11.6 Å². The number of carbonyl (C=O) groups is 1. The number of amides is 1. The van der Waals surface area contributed by atoms with Crippen LogP contribution in [0, 0.1) is 16.0 Å². The molecule has 7 nitrogen and oxygen atoms in total. The van der Waals surface area contributed by atoms with Crippen molar-refractivity contribution in [1.82, 2.24) is 4.90 Å². The van der Waals surface area contributed by atoms with E-state index in [2.05, 4.69) is 0 Å². The van der Waals surface area contributed by atoms with Crippen molar-refractivity contribution >= 4 is 17.3 Å². The fourth-order valence-electron chi connectivity index (χ4n) is 1.91. The lowest BCUT2D eigenvalue weighted by molar-refractivity contribution is -0.383. The minimum absolute atomic E-state index is 0.00997. The summed E-state index contributed by atoms with van der Waals surface area (Å²) in [5.74, 6) is 0.465. The van der Waals surface area contributed by atoms with Gasteiger partial charge in [0.15, 0.2) is 0 Å². The zero-order valence-electron chi connectivity index (χ0n) is 11.9. The van der Waals surface area contributed by atoms with Crippen LogP contribution in [0.3, 0.4) is 0 Å². The van der Waals surface area contributed by atoms with E-state index in [1.165, 1.54) is 35.9 Å². The topological polar surface area (TPSA) is 98.7 Å². The first kappa shape index (κ1) is 15.2. The van der Waals surface area contributed by atoms with E-state index in [4.69, 9.17) is 10.5 Å². The standard InChI is InChI=1S/C14H19N3O4/c1-16(6-7-21-9-10-2-3-10)14(18)11-4-5-13(17(19)20)12(15)8-11/h4-5,8,10H,2-3,6-7,9,15H2,1H3.